The minimum Gasteiger partial charge on any atom is -0.332 e. The summed E-state index contributed by atoms with van der Waals surface area (Å²) in [5.74, 6) is 0.875. The van der Waals surface area contributed by atoms with Crippen LogP contribution in [0.15, 0.2) is 28.9 Å². The highest BCUT2D eigenvalue weighted by atomic mass is 35.5. The molecule has 0 aliphatic carbocycles. The zero-order chi connectivity index (χ0) is 9.97. The normalized spacial score (nSPS) is 12.7. The molecule has 0 saturated carbocycles. The lowest BCUT2D eigenvalue weighted by atomic mass is 10.3. The number of pyridine rings is 1. The molecular formula is C9H8ClN3O. The van der Waals surface area contributed by atoms with Crippen molar-refractivity contribution in [1.82, 2.24) is 15.1 Å². The molecule has 0 aliphatic heterocycles. The van der Waals surface area contributed by atoms with Crippen LogP contribution in [0.1, 0.15) is 18.1 Å². The van der Waals surface area contributed by atoms with Gasteiger partial charge in [0.15, 0.2) is 5.82 Å². The first kappa shape index (κ1) is 9.15. The van der Waals surface area contributed by atoms with Crippen molar-refractivity contribution in [3.05, 3.63) is 30.2 Å². The monoisotopic (exact) mass is 209 g/mol. The fraction of sp³-hybridized carbons (Fsp3) is 0.222. The van der Waals surface area contributed by atoms with E-state index in [9.17, 15) is 0 Å². The number of hydrogen-bond donors (Lipinski definition) is 0. The fourth-order valence-electron chi connectivity index (χ4n) is 0.990. The van der Waals surface area contributed by atoms with Crippen LogP contribution in [0.4, 0.5) is 0 Å². The van der Waals surface area contributed by atoms with E-state index < -0.39 is 0 Å². The quantitative estimate of drug-likeness (QED) is 0.713. The van der Waals surface area contributed by atoms with Crippen LogP contribution in [0, 0.1) is 0 Å². The van der Waals surface area contributed by atoms with Crippen LogP contribution < -0.4 is 0 Å². The van der Waals surface area contributed by atoms with Crippen LogP contribution >= 0.6 is 11.6 Å². The second-order valence-electron chi connectivity index (χ2n) is 2.79. The standard InChI is InChI=1S/C9H8ClN3O/c1-6(10)8-12-9(14-13-8)7-4-2-3-5-11-7/h2-6H,1H3. The average Bonchev–Trinajstić information content (AvgIpc) is 2.68. The Morgan fingerprint density at radius 1 is 1.43 bits per heavy atom. The molecule has 4 nitrogen and oxygen atoms in total. The van der Waals surface area contributed by atoms with Gasteiger partial charge in [-0.05, 0) is 19.1 Å². The van der Waals surface area contributed by atoms with Crippen molar-refractivity contribution >= 4 is 11.6 Å². The van der Waals surface area contributed by atoms with Gasteiger partial charge in [0.1, 0.15) is 5.69 Å². The van der Waals surface area contributed by atoms with Crippen molar-refractivity contribution in [3.63, 3.8) is 0 Å². The smallest absolute Gasteiger partial charge is 0.276 e. The maximum absolute atomic E-state index is 5.80. The molecule has 2 heterocycles. The van der Waals surface area contributed by atoms with E-state index in [-0.39, 0.29) is 5.38 Å². The summed E-state index contributed by atoms with van der Waals surface area (Å²) >= 11 is 5.80. The lowest BCUT2D eigenvalue weighted by Crippen LogP contribution is -1.87. The largest absolute Gasteiger partial charge is 0.332 e. The first-order valence-electron chi connectivity index (χ1n) is 4.16. The second-order valence-corrected chi connectivity index (χ2v) is 3.44. The highest BCUT2D eigenvalue weighted by Crippen LogP contribution is 2.19. The number of rotatable bonds is 2. The molecule has 1 atom stereocenters. The summed E-state index contributed by atoms with van der Waals surface area (Å²) in [6.07, 6.45) is 1.67. The number of halogens is 1. The van der Waals surface area contributed by atoms with Gasteiger partial charge >= 0.3 is 0 Å². The molecule has 0 bridgehead atoms. The minimum atomic E-state index is -0.254. The summed E-state index contributed by atoms with van der Waals surface area (Å²) in [7, 11) is 0. The van der Waals surface area contributed by atoms with Crippen LogP contribution in [0.3, 0.4) is 0 Å². The van der Waals surface area contributed by atoms with E-state index in [1.807, 2.05) is 12.1 Å². The van der Waals surface area contributed by atoms with E-state index in [0.717, 1.165) is 0 Å². The molecule has 0 aromatic carbocycles. The van der Waals surface area contributed by atoms with Crippen LogP contribution in [-0.4, -0.2) is 15.1 Å². The van der Waals surface area contributed by atoms with Crippen molar-refractivity contribution in [1.29, 1.82) is 0 Å². The Kier molecular flexibility index (Phi) is 2.45. The molecule has 72 valence electrons. The first-order chi connectivity index (χ1) is 6.77. The molecule has 5 heteroatoms. The van der Waals surface area contributed by atoms with Crippen molar-refractivity contribution in [2.75, 3.05) is 0 Å². The molecule has 2 aromatic heterocycles. The molecular weight excluding hydrogens is 202 g/mol. The summed E-state index contributed by atoms with van der Waals surface area (Å²) in [4.78, 5) is 8.19. The van der Waals surface area contributed by atoms with Crippen LogP contribution in [0.2, 0.25) is 0 Å². The molecule has 0 spiro atoms. The van der Waals surface area contributed by atoms with Gasteiger partial charge in [-0.3, -0.25) is 4.98 Å². The summed E-state index contributed by atoms with van der Waals surface area (Å²) in [5, 5.41) is 3.48. The predicted molar refractivity (Wildman–Crippen MR) is 51.8 cm³/mol. The fourth-order valence-corrected chi connectivity index (χ4v) is 1.08. The Morgan fingerprint density at radius 3 is 2.86 bits per heavy atom. The number of hydrogen-bond acceptors (Lipinski definition) is 4. The van der Waals surface area contributed by atoms with Gasteiger partial charge in [-0.15, -0.1) is 11.6 Å². The Labute approximate surface area is 85.9 Å². The van der Waals surface area contributed by atoms with Gasteiger partial charge in [-0.25, -0.2) is 0 Å². The molecule has 0 fully saturated rings. The zero-order valence-electron chi connectivity index (χ0n) is 7.51. The van der Waals surface area contributed by atoms with Crippen LogP contribution in [0.5, 0.6) is 0 Å². The molecule has 14 heavy (non-hydrogen) atoms. The lowest BCUT2D eigenvalue weighted by Gasteiger charge is -1.91. The highest BCUT2D eigenvalue weighted by molar-refractivity contribution is 6.20. The highest BCUT2D eigenvalue weighted by Gasteiger charge is 2.12. The molecule has 2 rings (SSSR count). The third-order valence-electron chi connectivity index (χ3n) is 1.68. The SMILES string of the molecule is CC(Cl)c1noc(-c2ccccn2)n1. The maximum atomic E-state index is 5.80. The van der Waals surface area contributed by atoms with Gasteiger partial charge in [-0.1, -0.05) is 11.2 Å². The predicted octanol–water partition coefficient (Wildman–Crippen LogP) is 2.43. The molecule has 2 aromatic rings. The summed E-state index contributed by atoms with van der Waals surface area (Å²) < 4.78 is 5.00. The van der Waals surface area contributed by atoms with E-state index in [1.165, 1.54) is 0 Å². The lowest BCUT2D eigenvalue weighted by molar-refractivity contribution is 0.421. The Bertz CT molecular complexity index is 413. The van der Waals surface area contributed by atoms with Crippen molar-refractivity contribution < 1.29 is 4.52 Å². The second kappa shape index (κ2) is 3.75. The van der Waals surface area contributed by atoms with Crippen LogP contribution in [-0.2, 0) is 0 Å². The molecule has 0 saturated heterocycles. The van der Waals surface area contributed by atoms with Crippen molar-refractivity contribution in [3.8, 4) is 11.6 Å². The summed E-state index contributed by atoms with van der Waals surface area (Å²) in [5.41, 5.74) is 0.656. The van der Waals surface area contributed by atoms with Crippen LogP contribution in [0.25, 0.3) is 11.6 Å². The van der Waals surface area contributed by atoms with Gasteiger partial charge in [-0.2, -0.15) is 4.98 Å². The Morgan fingerprint density at radius 2 is 2.29 bits per heavy atom. The van der Waals surface area contributed by atoms with E-state index in [1.54, 1.807) is 19.2 Å². The zero-order valence-corrected chi connectivity index (χ0v) is 8.27. The van der Waals surface area contributed by atoms with E-state index >= 15 is 0 Å². The number of nitrogens with zero attached hydrogens (tertiary/aromatic N) is 3. The van der Waals surface area contributed by atoms with E-state index in [0.29, 0.717) is 17.4 Å². The minimum absolute atomic E-state index is 0.254. The summed E-state index contributed by atoms with van der Waals surface area (Å²) in [6, 6.07) is 5.48. The van der Waals surface area contributed by atoms with Gasteiger partial charge in [0.05, 0.1) is 5.38 Å². The Hall–Kier alpha value is -1.42. The van der Waals surface area contributed by atoms with Crippen molar-refractivity contribution in [2.45, 2.75) is 12.3 Å². The molecule has 0 N–H and O–H groups in total. The van der Waals surface area contributed by atoms with Crippen molar-refractivity contribution in [2.24, 2.45) is 0 Å². The molecule has 0 radical (unpaired) electrons. The molecule has 0 amide bonds. The average molecular weight is 210 g/mol. The maximum Gasteiger partial charge on any atom is 0.276 e. The van der Waals surface area contributed by atoms with Gasteiger partial charge in [0.25, 0.3) is 5.89 Å². The van der Waals surface area contributed by atoms with Gasteiger partial charge in [0.2, 0.25) is 0 Å². The Balaban J connectivity index is 2.34. The van der Waals surface area contributed by atoms with Gasteiger partial charge < -0.3 is 4.52 Å². The molecule has 1 unspecified atom stereocenters. The third-order valence-corrected chi connectivity index (χ3v) is 1.88. The van der Waals surface area contributed by atoms with E-state index in [4.69, 9.17) is 16.1 Å². The molecule has 0 aliphatic rings. The topological polar surface area (TPSA) is 51.8 Å². The third kappa shape index (κ3) is 1.75. The number of alkyl halides is 1. The van der Waals surface area contributed by atoms with Gasteiger partial charge in [0, 0.05) is 6.20 Å². The first-order valence-corrected chi connectivity index (χ1v) is 4.60. The number of aromatic nitrogens is 3. The van der Waals surface area contributed by atoms with E-state index in [2.05, 4.69) is 15.1 Å². The summed E-state index contributed by atoms with van der Waals surface area (Å²) in [6.45, 7) is 1.79.